The first-order valence-electron chi connectivity index (χ1n) is 6.61. The van der Waals surface area contributed by atoms with E-state index in [1.807, 2.05) is 0 Å². The third-order valence-electron chi connectivity index (χ3n) is 3.07. The predicted octanol–water partition coefficient (Wildman–Crippen LogP) is 4.00. The Morgan fingerprint density at radius 3 is 2.23 bits per heavy atom. The molecule has 0 fully saturated rings. The smallest absolute Gasteiger partial charge is 0.270 e. The Bertz CT molecular complexity index is 751. The molecule has 118 valence electrons. The van der Waals surface area contributed by atoms with Crippen LogP contribution in [0.4, 0.5) is 13.2 Å². The maximum absolute atomic E-state index is 14.1. The van der Waals surface area contributed by atoms with Gasteiger partial charge in [0.1, 0.15) is 28.2 Å². The molecule has 1 aromatic carbocycles. The lowest BCUT2D eigenvalue weighted by Crippen LogP contribution is -2.23. The molecule has 0 bridgehead atoms. The SMILES string of the molecule is CCOc1cc(Cl)c(=O)n(CC)c1-c1c(F)cc(F)cc1F. The molecule has 0 spiro atoms. The highest BCUT2D eigenvalue weighted by molar-refractivity contribution is 6.30. The highest BCUT2D eigenvalue weighted by atomic mass is 35.5. The van der Waals surface area contributed by atoms with Crippen molar-refractivity contribution in [1.82, 2.24) is 4.57 Å². The minimum absolute atomic E-state index is 0.0540. The van der Waals surface area contributed by atoms with Crippen molar-refractivity contribution in [1.29, 1.82) is 0 Å². The zero-order valence-corrected chi connectivity index (χ0v) is 12.7. The third kappa shape index (κ3) is 2.83. The number of aromatic nitrogens is 1. The van der Waals surface area contributed by atoms with Crippen LogP contribution >= 0.6 is 11.6 Å². The molecule has 0 unspecified atom stereocenters. The number of rotatable bonds is 4. The zero-order valence-electron chi connectivity index (χ0n) is 11.9. The van der Waals surface area contributed by atoms with Gasteiger partial charge < -0.3 is 9.30 Å². The van der Waals surface area contributed by atoms with E-state index in [0.717, 1.165) is 4.57 Å². The van der Waals surface area contributed by atoms with Gasteiger partial charge in [0.2, 0.25) is 0 Å². The van der Waals surface area contributed by atoms with Crippen LogP contribution in [0.3, 0.4) is 0 Å². The van der Waals surface area contributed by atoms with Crippen LogP contribution in [0, 0.1) is 17.5 Å². The molecule has 22 heavy (non-hydrogen) atoms. The van der Waals surface area contributed by atoms with E-state index in [-0.39, 0.29) is 29.6 Å². The molecule has 3 nitrogen and oxygen atoms in total. The molecular formula is C15H13ClF3NO2. The second-order valence-corrected chi connectivity index (χ2v) is 4.84. The summed E-state index contributed by atoms with van der Waals surface area (Å²) in [4.78, 5) is 12.1. The molecular weight excluding hydrogens is 319 g/mol. The van der Waals surface area contributed by atoms with Gasteiger partial charge in [0, 0.05) is 24.7 Å². The molecule has 1 aromatic heterocycles. The first-order chi connectivity index (χ1) is 10.4. The van der Waals surface area contributed by atoms with Crippen molar-refractivity contribution in [2.24, 2.45) is 0 Å². The number of ether oxygens (including phenoxy) is 1. The Balaban J connectivity index is 2.90. The molecule has 0 radical (unpaired) electrons. The largest absolute Gasteiger partial charge is 0.492 e. The fourth-order valence-corrected chi connectivity index (χ4v) is 2.40. The minimum atomic E-state index is -1.12. The number of halogens is 4. The number of nitrogens with zero attached hydrogens (tertiary/aromatic N) is 1. The second-order valence-electron chi connectivity index (χ2n) is 4.43. The highest BCUT2D eigenvalue weighted by Gasteiger charge is 2.23. The van der Waals surface area contributed by atoms with Crippen molar-refractivity contribution in [3.63, 3.8) is 0 Å². The normalized spacial score (nSPS) is 10.8. The average Bonchev–Trinajstić information content (AvgIpc) is 2.43. The van der Waals surface area contributed by atoms with Crippen molar-refractivity contribution in [2.75, 3.05) is 6.61 Å². The van der Waals surface area contributed by atoms with Gasteiger partial charge >= 0.3 is 0 Å². The molecule has 0 aliphatic rings. The predicted molar refractivity (Wildman–Crippen MR) is 77.9 cm³/mol. The summed E-state index contributed by atoms with van der Waals surface area (Å²) < 4.78 is 47.7. The topological polar surface area (TPSA) is 31.2 Å². The first kappa shape index (κ1) is 16.4. The maximum Gasteiger partial charge on any atom is 0.270 e. The van der Waals surface area contributed by atoms with Crippen molar-refractivity contribution in [2.45, 2.75) is 20.4 Å². The number of benzene rings is 1. The zero-order chi connectivity index (χ0) is 16.4. The maximum atomic E-state index is 14.1. The molecule has 2 rings (SSSR count). The van der Waals surface area contributed by atoms with E-state index in [0.29, 0.717) is 12.1 Å². The summed E-state index contributed by atoms with van der Waals surface area (Å²) in [5, 5.41) is -0.128. The van der Waals surface area contributed by atoms with Crippen LogP contribution in [-0.2, 0) is 6.54 Å². The number of pyridine rings is 1. The molecule has 0 atom stereocenters. The Morgan fingerprint density at radius 2 is 1.73 bits per heavy atom. The average molecular weight is 332 g/mol. The van der Waals surface area contributed by atoms with Gasteiger partial charge in [-0.25, -0.2) is 13.2 Å². The third-order valence-corrected chi connectivity index (χ3v) is 3.34. The highest BCUT2D eigenvalue weighted by Crippen LogP contribution is 2.34. The Morgan fingerprint density at radius 1 is 1.14 bits per heavy atom. The quantitative estimate of drug-likeness (QED) is 0.847. The molecule has 0 N–H and O–H groups in total. The summed E-state index contributed by atoms with van der Waals surface area (Å²) in [7, 11) is 0. The summed E-state index contributed by atoms with van der Waals surface area (Å²) >= 11 is 5.84. The van der Waals surface area contributed by atoms with Crippen LogP contribution in [-0.4, -0.2) is 11.2 Å². The van der Waals surface area contributed by atoms with Crippen LogP contribution in [0.25, 0.3) is 11.3 Å². The molecule has 0 amide bonds. The van der Waals surface area contributed by atoms with Gasteiger partial charge in [-0.15, -0.1) is 0 Å². The van der Waals surface area contributed by atoms with Gasteiger partial charge in [0.25, 0.3) is 5.56 Å². The lowest BCUT2D eigenvalue weighted by Gasteiger charge is -2.18. The second kappa shape index (κ2) is 6.44. The van der Waals surface area contributed by atoms with Crippen LogP contribution in [0.15, 0.2) is 23.0 Å². The van der Waals surface area contributed by atoms with Gasteiger partial charge in [-0.1, -0.05) is 11.6 Å². The van der Waals surface area contributed by atoms with Gasteiger partial charge in [-0.2, -0.15) is 0 Å². The fourth-order valence-electron chi connectivity index (χ4n) is 2.20. The molecule has 0 aliphatic heterocycles. The van der Waals surface area contributed by atoms with Crippen LogP contribution in [0.5, 0.6) is 5.75 Å². The number of hydrogen-bond donors (Lipinski definition) is 0. The molecule has 0 saturated heterocycles. The molecule has 1 heterocycles. The van der Waals surface area contributed by atoms with Crippen LogP contribution < -0.4 is 10.3 Å². The standard InChI is InChI=1S/C15H13ClF3NO2/c1-3-20-14(12(22-4-2)7-9(16)15(20)21)13-10(18)5-8(17)6-11(13)19/h5-7H,3-4H2,1-2H3. The first-order valence-corrected chi connectivity index (χ1v) is 6.99. The number of hydrogen-bond acceptors (Lipinski definition) is 2. The summed E-state index contributed by atoms with van der Waals surface area (Å²) in [5.74, 6) is -3.24. The van der Waals surface area contributed by atoms with Crippen LogP contribution in [0.2, 0.25) is 5.02 Å². The van der Waals surface area contributed by atoms with Gasteiger partial charge in [-0.05, 0) is 13.8 Å². The van der Waals surface area contributed by atoms with E-state index in [2.05, 4.69) is 0 Å². The van der Waals surface area contributed by atoms with E-state index < -0.39 is 28.6 Å². The lowest BCUT2D eigenvalue weighted by atomic mass is 10.1. The molecule has 0 aliphatic carbocycles. The Hall–Kier alpha value is -1.95. The fraction of sp³-hybridized carbons (Fsp3) is 0.267. The van der Waals surface area contributed by atoms with Gasteiger partial charge in [0.05, 0.1) is 17.9 Å². The van der Waals surface area contributed by atoms with E-state index in [4.69, 9.17) is 16.3 Å². The van der Waals surface area contributed by atoms with Crippen molar-refractivity contribution >= 4 is 11.6 Å². The van der Waals surface area contributed by atoms with Gasteiger partial charge in [-0.3, -0.25) is 4.79 Å². The van der Waals surface area contributed by atoms with E-state index in [1.54, 1.807) is 13.8 Å². The molecule has 0 saturated carbocycles. The van der Waals surface area contributed by atoms with E-state index in [1.165, 1.54) is 6.07 Å². The van der Waals surface area contributed by atoms with Crippen LogP contribution in [0.1, 0.15) is 13.8 Å². The monoisotopic (exact) mass is 331 g/mol. The summed E-state index contributed by atoms with van der Waals surface area (Å²) in [6, 6.07) is 2.30. The van der Waals surface area contributed by atoms with E-state index in [9.17, 15) is 18.0 Å². The summed E-state index contributed by atoms with van der Waals surface area (Å²) in [6.07, 6.45) is 0. The van der Waals surface area contributed by atoms with Gasteiger partial charge in [0.15, 0.2) is 0 Å². The summed E-state index contributed by atoms with van der Waals surface area (Å²) in [6.45, 7) is 3.62. The molecule has 2 aromatic rings. The Kier molecular flexibility index (Phi) is 4.81. The van der Waals surface area contributed by atoms with E-state index >= 15 is 0 Å². The minimum Gasteiger partial charge on any atom is -0.492 e. The van der Waals surface area contributed by atoms with Crippen molar-refractivity contribution in [3.8, 4) is 17.0 Å². The van der Waals surface area contributed by atoms with Crippen molar-refractivity contribution in [3.05, 3.63) is 51.0 Å². The van der Waals surface area contributed by atoms with Crippen molar-refractivity contribution < 1.29 is 17.9 Å². The Labute approximate surface area is 129 Å². The summed E-state index contributed by atoms with van der Waals surface area (Å²) in [5.41, 5.74) is -1.24. The lowest BCUT2D eigenvalue weighted by molar-refractivity contribution is 0.337. The molecule has 7 heteroatoms.